The predicted octanol–water partition coefficient (Wildman–Crippen LogP) is 3.52. The highest BCUT2D eigenvalue weighted by Crippen LogP contribution is 2.57. The second kappa shape index (κ2) is 17.3. The Morgan fingerprint density at radius 2 is 2.06 bits per heavy atom. The lowest BCUT2D eigenvalue weighted by Gasteiger charge is -2.35. The summed E-state index contributed by atoms with van der Waals surface area (Å²) < 4.78 is 56.2. The van der Waals surface area contributed by atoms with Gasteiger partial charge in [0.1, 0.15) is 18.1 Å². The minimum atomic E-state index is -5.01. The van der Waals surface area contributed by atoms with Gasteiger partial charge in [0.15, 0.2) is 35.9 Å². The smallest absolute Gasteiger partial charge is 0.463 e. The lowest BCUT2D eigenvalue weighted by Crippen LogP contribution is -2.53. The number of carbonyl (C=O) groups is 3. The van der Waals surface area contributed by atoms with Gasteiger partial charge in [-0.1, -0.05) is 37.6 Å². The minimum Gasteiger partial charge on any atom is -0.463 e. The molecule has 6 atom stereocenters. The van der Waals surface area contributed by atoms with Crippen molar-refractivity contribution < 1.29 is 56.6 Å². The van der Waals surface area contributed by atoms with Crippen LogP contribution in [-0.2, 0) is 46.9 Å². The molecule has 19 nitrogen and oxygen atoms in total. The molecule has 21 heteroatoms. The SMILES string of the molecule is CC(=O)CCC(=O)OC[C@H]1O[C@@H](n2cnc3c(=O)[nH]c(NC(=O)C(C)C)nc32)[C@H](OC2CCCO2)[C@@]1(O)OP(=O)(OCCC#N)Oc1ccccc1Cl. The molecule has 2 aliphatic rings. The lowest BCUT2D eigenvalue weighted by molar-refractivity contribution is -0.267. The van der Waals surface area contributed by atoms with Crippen LogP contribution in [-0.4, -0.2) is 86.4 Å². The fourth-order valence-electron chi connectivity index (χ4n) is 5.23. The molecule has 2 unspecified atom stereocenters. The van der Waals surface area contributed by atoms with Crippen molar-refractivity contribution >= 4 is 54.2 Å². The van der Waals surface area contributed by atoms with E-state index in [0.717, 1.165) is 6.33 Å². The summed E-state index contributed by atoms with van der Waals surface area (Å²) in [6, 6.07) is 7.73. The third-order valence-corrected chi connectivity index (χ3v) is 9.68. The summed E-state index contributed by atoms with van der Waals surface area (Å²) in [6.07, 6.45) is -4.59. The maximum Gasteiger partial charge on any atom is 0.532 e. The number of rotatable bonds is 17. The van der Waals surface area contributed by atoms with Crippen LogP contribution in [0.3, 0.4) is 0 Å². The number of esters is 1. The van der Waals surface area contributed by atoms with Crippen LogP contribution in [0.1, 0.15) is 59.1 Å². The number of nitriles is 1. The number of ketones is 1. The van der Waals surface area contributed by atoms with Crippen molar-refractivity contribution in [3.63, 3.8) is 0 Å². The molecule has 2 saturated heterocycles. The number of H-pyrrole nitrogens is 1. The fourth-order valence-corrected chi connectivity index (χ4v) is 6.90. The van der Waals surface area contributed by atoms with Gasteiger partial charge in [-0.15, -0.1) is 0 Å². The van der Waals surface area contributed by atoms with Crippen molar-refractivity contribution in [2.45, 2.75) is 83.4 Å². The number of amides is 1. The Labute approximate surface area is 307 Å². The van der Waals surface area contributed by atoms with Gasteiger partial charge in [0.05, 0.1) is 36.9 Å². The monoisotopic (exact) mass is 780 g/mol. The number of hydrogen-bond donors (Lipinski definition) is 3. The molecule has 0 spiro atoms. The van der Waals surface area contributed by atoms with Crippen LogP contribution in [0.2, 0.25) is 5.02 Å². The van der Waals surface area contributed by atoms with Crippen LogP contribution >= 0.6 is 19.4 Å². The number of aromatic nitrogens is 4. The highest BCUT2D eigenvalue weighted by molar-refractivity contribution is 7.49. The molecule has 1 aromatic carbocycles. The number of fused-ring (bicyclic) bond motifs is 1. The van der Waals surface area contributed by atoms with E-state index >= 15 is 0 Å². The molecule has 2 aliphatic heterocycles. The van der Waals surface area contributed by atoms with E-state index in [-0.39, 0.29) is 52.9 Å². The van der Waals surface area contributed by atoms with Crippen LogP contribution in [0.15, 0.2) is 35.4 Å². The Hall–Kier alpha value is -4.25. The van der Waals surface area contributed by atoms with Crippen LogP contribution in [0, 0.1) is 17.2 Å². The number of phosphoric ester groups is 1. The highest BCUT2D eigenvalue weighted by Gasteiger charge is 2.64. The number of nitrogens with zero attached hydrogens (tertiary/aromatic N) is 4. The van der Waals surface area contributed by atoms with Crippen molar-refractivity contribution in [2.24, 2.45) is 5.92 Å². The van der Waals surface area contributed by atoms with Crippen LogP contribution in [0.25, 0.3) is 11.2 Å². The van der Waals surface area contributed by atoms with E-state index in [1.807, 2.05) is 6.07 Å². The first-order valence-electron chi connectivity index (χ1n) is 16.6. The summed E-state index contributed by atoms with van der Waals surface area (Å²) in [6.45, 7) is 3.65. The van der Waals surface area contributed by atoms with Crippen molar-refractivity contribution in [3.05, 3.63) is 46.0 Å². The van der Waals surface area contributed by atoms with Crippen LogP contribution in [0.4, 0.5) is 5.95 Å². The Balaban J connectivity index is 1.61. The first kappa shape index (κ1) is 39.9. The molecule has 53 heavy (non-hydrogen) atoms. The number of anilines is 1. The standard InChI is InChI=1S/C32H38ClN6O13P/c1-18(2)28(42)37-31-36-27-25(29(43)38-31)35-17-39(27)30-26(50-24-10-6-14-46-24)32(44,22(49-30)16-47-23(41)12-11-19(3)40)52-53(45,48-15-7-13-34)51-21-9-5-4-8-20(21)33/h4-5,8-9,17-18,22,24,26,30,44H,6-7,10-12,14-16H2,1-3H3,(H2,36,37,38,42,43)/t22-,24?,26+,30-,32+,53?/m1/s1. The van der Waals surface area contributed by atoms with Gasteiger partial charge in [-0.05, 0) is 25.5 Å². The van der Waals surface area contributed by atoms with Crippen molar-refractivity contribution in [1.29, 1.82) is 5.26 Å². The predicted molar refractivity (Wildman–Crippen MR) is 182 cm³/mol. The molecule has 286 valence electrons. The molecule has 0 aliphatic carbocycles. The third-order valence-electron chi connectivity index (χ3n) is 7.94. The summed E-state index contributed by atoms with van der Waals surface area (Å²) in [5, 5.41) is 24.3. The first-order chi connectivity index (χ1) is 25.2. The zero-order valence-electron chi connectivity index (χ0n) is 28.9. The molecule has 3 aromatic rings. The first-order valence-corrected chi connectivity index (χ1v) is 18.4. The maximum atomic E-state index is 14.5. The van der Waals surface area contributed by atoms with E-state index in [0.29, 0.717) is 19.4 Å². The fraction of sp³-hybridized carbons (Fsp3) is 0.531. The molecular formula is C32H38ClN6O13P. The van der Waals surface area contributed by atoms with E-state index in [1.165, 1.54) is 29.7 Å². The van der Waals surface area contributed by atoms with Crippen LogP contribution < -0.4 is 15.4 Å². The van der Waals surface area contributed by atoms with Gasteiger partial charge in [-0.25, -0.2) is 14.1 Å². The summed E-state index contributed by atoms with van der Waals surface area (Å²) in [4.78, 5) is 60.6. The van der Waals surface area contributed by atoms with E-state index in [2.05, 4.69) is 20.3 Å². The molecule has 0 saturated carbocycles. The number of phosphoric acid groups is 1. The number of para-hydroxylation sites is 1. The Kier molecular flexibility index (Phi) is 13.0. The van der Waals surface area contributed by atoms with E-state index in [1.54, 1.807) is 19.9 Å². The number of benzene rings is 1. The molecule has 4 heterocycles. The summed E-state index contributed by atoms with van der Waals surface area (Å²) in [5.74, 6) is -5.30. The second-order valence-electron chi connectivity index (χ2n) is 12.3. The van der Waals surface area contributed by atoms with Gasteiger partial charge in [-0.2, -0.15) is 10.2 Å². The maximum absolute atomic E-state index is 14.5. The van der Waals surface area contributed by atoms with Gasteiger partial charge in [-0.3, -0.25) is 33.8 Å². The second-order valence-corrected chi connectivity index (χ2v) is 14.3. The number of aliphatic hydroxyl groups is 1. The van der Waals surface area contributed by atoms with Gasteiger partial charge in [0.2, 0.25) is 17.6 Å². The Morgan fingerprint density at radius 1 is 1.28 bits per heavy atom. The summed E-state index contributed by atoms with van der Waals surface area (Å²) in [7, 11) is -5.01. The summed E-state index contributed by atoms with van der Waals surface area (Å²) in [5.41, 5.74) is -1.06. The average Bonchev–Trinajstić information content (AvgIpc) is 3.83. The number of ether oxygens (including phenoxy) is 4. The Morgan fingerprint density at radius 3 is 2.74 bits per heavy atom. The largest absolute Gasteiger partial charge is 0.532 e. The van der Waals surface area contributed by atoms with E-state index < -0.39 is 74.9 Å². The summed E-state index contributed by atoms with van der Waals surface area (Å²) >= 11 is 6.28. The number of carbonyl (C=O) groups excluding carboxylic acids is 3. The lowest BCUT2D eigenvalue weighted by atomic mass is 10.1. The van der Waals surface area contributed by atoms with Crippen LogP contribution in [0.5, 0.6) is 5.75 Å². The third kappa shape index (κ3) is 9.65. The molecule has 2 aromatic heterocycles. The molecule has 3 N–H and O–H groups in total. The highest BCUT2D eigenvalue weighted by atomic mass is 35.5. The van der Waals surface area contributed by atoms with Gasteiger partial charge in [0, 0.05) is 25.4 Å². The van der Waals surface area contributed by atoms with Crippen molar-refractivity contribution in [1.82, 2.24) is 19.5 Å². The van der Waals surface area contributed by atoms with E-state index in [9.17, 15) is 28.8 Å². The molecule has 0 bridgehead atoms. The number of hydrogen-bond acceptors (Lipinski definition) is 16. The van der Waals surface area contributed by atoms with Gasteiger partial charge >= 0.3 is 13.8 Å². The normalized spacial score (nSPS) is 23.8. The number of nitrogens with one attached hydrogen (secondary N) is 2. The molecule has 5 rings (SSSR count). The average molecular weight is 781 g/mol. The molecule has 1 amide bonds. The zero-order valence-corrected chi connectivity index (χ0v) is 30.5. The molecular weight excluding hydrogens is 743 g/mol. The zero-order chi connectivity index (χ0) is 38.3. The quantitative estimate of drug-likeness (QED) is 0.0767. The van der Waals surface area contributed by atoms with Crippen molar-refractivity contribution in [2.75, 3.05) is 25.1 Å². The van der Waals surface area contributed by atoms with Gasteiger partial charge in [0.25, 0.3) is 5.56 Å². The topological polar surface area (TPSA) is 253 Å². The number of aromatic amines is 1. The van der Waals surface area contributed by atoms with E-state index in [4.69, 9.17) is 49.4 Å². The molecule has 2 fully saturated rings. The number of imidazole rings is 1. The van der Waals surface area contributed by atoms with Crippen molar-refractivity contribution in [3.8, 4) is 11.8 Å². The van der Waals surface area contributed by atoms with Gasteiger partial charge < -0.3 is 33.4 Å². The number of Topliss-reactive ketones (excluding diaryl/α,β-unsaturated/α-hetero) is 1. The number of halogens is 1. The minimum absolute atomic E-state index is 0.00241. The molecule has 0 radical (unpaired) electrons. The Bertz CT molecular complexity index is 1960.